The van der Waals surface area contributed by atoms with Crippen LogP contribution in [0.4, 0.5) is 4.39 Å². The molecule has 0 saturated carbocycles. The Balaban J connectivity index is 0.00000176. The van der Waals surface area contributed by atoms with E-state index < -0.39 is 0 Å². The first-order chi connectivity index (χ1) is 10.3. The molecule has 1 N–H and O–H groups in total. The lowest BCUT2D eigenvalue weighted by Gasteiger charge is -2.34. The Bertz CT molecular complexity index is 586. The van der Waals surface area contributed by atoms with E-state index >= 15 is 0 Å². The van der Waals surface area contributed by atoms with Crippen LogP contribution in [0.2, 0.25) is 0 Å². The molecule has 0 aliphatic carbocycles. The number of ether oxygens (including phenoxy) is 1. The highest BCUT2D eigenvalue weighted by Gasteiger charge is 2.26. The summed E-state index contributed by atoms with van der Waals surface area (Å²) in [4.78, 5) is 2.34. The van der Waals surface area contributed by atoms with Crippen molar-refractivity contribution in [2.45, 2.75) is 6.04 Å². The number of piperazine rings is 1. The van der Waals surface area contributed by atoms with Crippen molar-refractivity contribution in [2.24, 2.45) is 0 Å². The lowest BCUT2D eigenvalue weighted by molar-refractivity contribution is 0.179. The first-order valence-electron chi connectivity index (χ1n) is 7.11. The highest BCUT2D eigenvalue weighted by Crippen LogP contribution is 2.32. The van der Waals surface area contributed by atoms with Crippen LogP contribution in [-0.2, 0) is 0 Å². The Hall–Kier alpha value is -1.56. The van der Waals surface area contributed by atoms with E-state index in [4.69, 9.17) is 9.15 Å². The summed E-state index contributed by atoms with van der Waals surface area (Å²) >= 11 is 0. The normalized spacial score (nSPS) is 16.8. The number of furan rings is 1. The molecule has 0 spiro atoms. The van der Waals surface area contributed by atoms with Gasteiger partial charge in [0.2, 0.25) is 0 Å². The number of halogens is 2. The topological polar surface area (TPSA) is 37.6 Å². The smallest absolute Gasteiger partial charge is 0.165 e. The number of rotatable bonds is 4. The minimum atomic E-state index is -0.347. The molecule has 1 aromatic carbocycles. The fourth-order valence-electron chi connectivity index (χ4n) is 2.79. The van der Waals surface area contributed by atoms with Crippen molar-refractivity contribution in [3.8, 4) is 5.75 Å². The van der Waals surface area contributed by atoms with Gasteiger partial charge in [-0.05, 0) is 29.8 Å². The maximum absolute atomic E-state index is 13.6. The zero-order valence-corrected chi connectivity index (χ0v) is 13.2. The van der Waals surface area contributed by atoms with Crippen molar-refractivity contribution in [3.05, 3.63) is 53.7 Å². The van der Waals surface area contributed by atoms with Gasteiger partial charge in [0.1, 0.15) is 5.76 Å². The molecule has 0 amide bonds. The summed E-state index contributed by atoms with van der Waals surface area (Å²) in [5.41, 5.74) is 0.977. The maximum atomic E-state index is 13.6. The highest BCUT2D eigenvalue weighted by molar-refractivity contribution is 5.85. The highest BCUT2D eigenvalue weighted by atomic mass is 35.5. The zero-order chi connectivity index (χ0) is 14.7. The van der Waals surface area contributed by atoms with Crippen LogP contribution in [0.1, 0.15) is 17.4 Å². The first-order valence-corrected chi connectivity index (χ1v) is 7.11. The Morgan fingerprint density at radius 3 is 2.68 bits per heavy atom. The molecule has 0 radical (unpaired) electrons. The molecule has 1 saturated heterocycles. The van der Waals surface area contributed by atoms with E-state index in [0.29, 0.717) is 0 Å². The SMILES string of the molecule is COc1cc([C@@H](c2ccco2)N2CCNCC2)ccc1F.Cl. The van der Waals surface area contributed by atoms with Crippen LogP contribution >= 0.6 is 12.4 Å². The molecule has 1 aliphatic rings. The van der Waals surface area contributed by atoms with Crippen LogP contribution in [0.3, 0.4) is 0 Å². The van der Waals surface area contributed by atoms with Gasteiger partial charge in [-0.15, -0.1) is 12.4 Å². The largest absolute Gasteiger partial charge is 0.494 e. The van der Waals surface area contributed by atoms with Crippen LogP contribution in [-0.4, -0.2) is 38.2 Å². The van der Waals surface area contributed by atoms with E-state index in [9.17, 15) is 4.39 Å². The van der Waals surface area contributed by atoms with Crippen molar-refractivity contribution in [2.75, 3.05) is 33.3 Å². The summed E-state index contributed by atoms with van der Waals surface area (Å²) in [7, 11) is 1.48. The van der Waals surface area contributed by atoms with Gasteiger partial charge in [-0.25, -0.2) is 4.39 Å². The number of benzene rings is 1. The molecule has 3 rings (SSSR count). The second-order valence-corrected chi connectivity index (χ2v) is 5.10. The molecule has 1 aromatic heterocycles. The average molecular weight is 327 g/mol. The third kappa shape index (κ3) is 3.43. The molecule has 1 atom stereocenters. The van der Waals surface area contributed by atoms with Gasteiger partial charge >= 0.3 is 0 Å². The van der Waals surface area contributed by atoms with E-state index in [1.54, 1.807) is 18.4 Å². The Labute approximate surface area is 135 Å². The van der Waals surface area contributed by atoms with E-state index in [1.807, 2.05) is 12.1 Å². The van der Waals surface area contributed by atoms with Crippen LogP contribution in [0.15, 0.2) is 41.0 Å². The number of methoxy groups -OCH3 is 1. The summed E-state index contributed by atoms with van der Waals surface area (Å²) in [6.07, 6.45) is 1.67. The summed E-state index contributed by atoms with van der Waals surface area (Å²) in [5.74, 6) is 0.782. The molecule has 0 unspecified atom stereocenters. The predicted molar refractivity (Wildman–Crippen MR) is 85.2 cm³/mol. The van der Waals surface area contributed by atoms with Gasteiger partial charge in [0, 0.05) is 26.2 Å². The standard InChI is InChI=1S/C16H19FN2O2.ClH/c1-20-15-11-12(4-5-13(15)17)16(14-3-2-10-21-14)19-8-6-18-7-9-19;/h2-5,10-11,16,18H,6-9H2,1H3;1H/t16-;/m0./s1. The molecular formula is C16H20ClFN2O2. The van der Waals surface area contributed by atoms with Crippen molar-refractivity contribution < 1.29 is 13.5 Å². The lowest BCUT2D eigenvalue weighted by Crippen LogP contribution is -2.45. The van der Waals surface area contributed by atoms with Gasteiger partial charge in [0.05, 0.1) is 19.4 Å². The monoisotopic (exact) mass is 326 g/mol. The predicted octanol–water partition coefficient (Wildman–Crippen LogP) is 2.84. The van der Waals surface area contributed by atoms with Crippen molar-refractivity contribution in [3.63, 3.8) is 0 Å². The van der Waals surface area contributed by atoms with Gasteiger partial charge in [-0.3, -0.25) is 4.90 Å². The molecule has 6 heteroatoms. The molecule has 2 heterocycles. The second kappa shape index (κ2) is 7.63. The third-order valence-corrected chi connectivity index (χ3v) is 3.82. The zero-order valence-electron chi connectivity index (χ0n) is 12.4. The molecule has 1 aliphatic heterocycles. The number of hydrogen-bond donors (Lipinski definition) is 1. The van der Waals surface area contributed by atoms with Crippen molar-refractivity contribution >= 4 is 12.4 Å². The van der Waals surface area contributed by atoms with Crippen LogP contribution < -0.4 is 10.1 Å². The fourth-order valence-corrected chi connectivity index (χ4v) is 2.79. The second-order valence-electron chi connectivity index (χ2n) is 5.10. The minimum absolute atomic E-state index is 0. The summed E-state index contributed by atoms with van der Waals surface area (Å²) in [5, 5.41) is 3.34. The molecule has 0 bridgehead atoms. The molecule has 4 nitrogen and oxygen atoms in total. The van der Waals surface area contributed by atoms with Crippen LogP contribution in [0, 0.1) is 5.82 Å². The van der Waals surface area contributed by atoms with Crippen molar-refractivity contribution in [1.29, 1.82) is 0 Å². The van der Waals surface area contributed by atoms with E-state index in [-0.39, 0.29) is 30.0 Å². The molecule has 22 heavy (non-hydrogen) atoms. The molecular weight excluding hydrogens is 307 g/mol. The lowest BCUT2D eigenvalue weighted by atomic mass is 10.0. The molecule has 2 aromatic rings. The quantitative estimate of drug-likeness (QED) is 0.937. The third-order valence-electron chi connectivity index (χ3n) is 3.82. The summed E-state index contributed by atoms with van der Waals surface area (Å²) in [6, 6.07) is 8.83. The van der Waals surface area contributed by atoms with Gasteiger partial charge in [-0.1, -0.05) is 6.07 Å². The Morgan fingerprint density at radius 2 is 2.05 bits per heavy atom. The van der Waals surface area contributed by atoms with Gasteiger partial charge < -0.3 is 14.5 Å². The fraction of sp³-hybridized carbons (Fsp3) is 0.375. The van der Waals surface area contributed by atoms with E-state index in [0.717, 1.165) is 37.5 Å². The van der Waals surface area contributed by atoms with Gasteiger partial charge in [0.15, 0.2) is 11.6 Å². The summed E-state index contributed by atoms with van der Waals surface area (Å²) in [6.45, 7) is 3.72. The molecule has 1 fully saturated rings. The average Bonchev–Trinajstić information content (AvgIpc) is 3.04. The van der Waals surface area contributed by atoms with E-state index in [1.165, 1.54) is 13.2 Å². The number of nitrogens with zero attached hydrogens (tertiary/aromatic N) is 1. The minimum Gasteiger partial charge on any atom is -0.494 e. The van der Waals surface area contributed by atoms with Crippen molar-refractivity contribution in [1.82, 2.24) is 10.2 Å². The van der Waals surface area contributed by atoms with E-state index in [2.05, 4.69) is 10.2 Å². The Morgan fingerprint density at radius 1 is 1.27 bits per heavy atom. The summed E-state index contributed by atoms with van der Waals surface area (Å²) < 4.78 is 24.4. The van der Waals surface area contributed by atoms with Gasteiger partial charge in [0.25, 0.3) is 0 Å². The maximum Gasteiger partial charge on any atom is 0.165 e. The Kier molecular flexibility index (Phi) is 5.83. The first kappa shape index (κ1) is 16.8. The van der Waals surface area contributed by atoms with Crippen LogP contribution in [0.5, 0.6) is 5.75 Å². The molecule has 120 valence electrons. The number of nitrogens with one attached hydrogen (secondary N) is 1. The van der Waals surface area contributed by atoms with Gasteiger partial charge in [-0.2, -0.15) is 0 Å². The van der Waals surface area contributed by atoms with Crippen LogP contribution in [0.25, 0.3) is 0 Å². The number of hydrogen-bond acceptors (Lipinski definition) is 4.